The number of nitriles is 1. The Bertz CT molecular complexity index is 665. The molecule has 0 amide bonds. The van der Waals surface area contributed by atoms with Crippen molar-refractivity contribution in [2.45, 2.75) is 55.9 Å². The summed E-state index contributed by atoms with van der Waals surface area (Å²) >= 11 is 1.45. The van der Waals surface area contributed by atoms with Gasteiger partial charge in [0.05, 0.1) is 6.07 Å². The second kappa shape index (κ2) is 7.65. The predicted octanol–water partition coefficient (Wildman–Crippen LogP) is 4.07. The lowest BCUT2D eigenvalue weighted by Crippen LogP contribution is -2.04. The van der Waals surface area contributed by atoms with Crippen molar-refractivity contribution in [2.24, 2.45) is 5.92 Å². The molecule has 120 valence electrons. The van der Waals surface area contributed by atoms with Crippen molar-refractivity contribution in [1.29, 1.82) is 5.26 Å². The van der Waals surface area contributed by atoms with E-state index in [4.69, 9.17) is 0 Å². The zero-order chi connectivity index (χ0) is 16.1. The van der Waals surface area contributed by atoms with E-state index in [1.54, 1.807) is 0 Å². The first kappa shape index (κ1) is 16.1. The van der Waals surface area contributed by atoms with Crippen LogP contribution in [0.25, 0.3) is 0 Å². The van der Waals surface area contributed by atoms with Gasteiger partial charge in [0.2, 0.25) is 5.16 Å². The van der Waals surface area contributed by atoms with Crippen molar-refractivity contribution in [2.75, 3.05) is 0 Å². The maximum Gasteiger partial charge on any atom is 0.209 e. The third-order valence-corrected chi connectivity index (χ3v) is 5.35. The minimum absolute atomic E-state index is 0.159. The number of thioether (sulfide) groups is 1. The molecule has 0 spiro atoms. The van der Waals surface area contributed by atoms with Gasteiger partial charge in [-0.05, 0) is 24.8 Å². The van der Waals surface area contributed by atoms with E-state index < -0.39 is 0 Å². The summed E-state index contributed by atoms with van der Waals surface area (Å²) in [5.74, 6) is 1.71. The van der Waals surface area contributed by atoms with Gasteiger partial charge in [0.15, 0.2) is 0 Å². The number of H-pyrrole nitrogens is 1. The van der Waals surface area contributed by atoms with E-state index in [0.717, 1.165) is 18.2 Å². The average molecular weight is 326 g/mol. The Kier molecular flexibility index (Phi) is 5.35. The number of aromatic nitrogens is 3. The van der Waals surface area contributed by atoms with E-state index in [-0.39, 0.29) is 5.25 Å². The molecule has 1 N–H and O–H groups in total. The van der Waals surface area contributed by atoms with Crippen molar-refractivity contribution in [3.63, 3.8) is 0 Å². The van der Waals surface area contributed by atoms with Crippen molar-refractivity contribution in [1.82, 2.24) is 15.2 Å². The van der Waals surface area contributed by atoms with Gasteiger partial charge < -0.3 is 0 Å². The molecule has 2 aromatic rings. The van der Waals surface area contributed by atoms with Crippen LogP contribution in [-0.4, -0.2) is 20.4 Å². The normalized spacial score (nSPS) is 16.3. The maximum atomic E-state index is 9.40. The Balaban J connectivity index is 1.57. The summed E-state index contributed by atoms with van der Waals surface area (Å²) in [6.07, 6.45) is 6.99. The van der Waals surface area contributed by atoms with Gasteiger partial charge in [-0.3, -0.25) is 5.10 Å². The maximum absolute atomic E-state index is 9.40. The number of benzene rings is 1. The number of aryl methyl sites for hydroxylation is 1. The molecule has 1 aliphatic rings. The van der Waals surface area contributed by atoms with E-state index in [9.17, 15) is 5.26 Å². The van der Waals surface area contributed by atoms with Crippen molar-refractivity contribution in [3.05, 3.63) is 41.2 Å². The fourth-order valence-corrected chi connectivity index (χ4v) is 3.93. The first-order valence-electron chi connectivity index (χ1n) is 8.26. The molecule has 4 nitrogen and oxygen atoms in total. The lowest BCUT2D eigenvalue weighted by atomic mass is 10.0. The Hall–Kier alpha value is -1.80. The summed E-state index contributed by atoms with van der Waals surface area (Å²) in [4.78, 5) is 4.56. The number of hydrogen-bond acceptors (Lipinski definition) is 4. The molecule has 3 rings (SSSR count). The quantitative estimate of drug-likeness (QED) is 0.813. The first-order chi connectivity index (χ1) is 11.2. The second-order valence-electron chi connectivity index (χ2n) is 6.34. The van der Waals surface area contributed by atoms with Crippen LogP contribution in [0.15, 0.2) is 29.4 Å². The lowest BCUT2D eigenvalue weighted by molar-refractivity contribution is 0.531. The van der Waals surface area contributed by atoms with Gasteiger partial charge in [0.1, 0.15) is 11.1 Å². The number of hydrogen-bond donors (Lipinski definition) is 1. The molecular formula is C18H22N4S. The highest BCUT2D eigenvalue weighted by atomic mass is 32.2. The molecule has 1 aromatic heterocycles. The topological polar surface area (TPSA) is 65.4 Å². The summed E-state index contributed by atoms with van der Waals surface area (Å²) in [6, 6.07) is 10.7. The van der Waals surface area contributed by atoms with Crippen LogP contribution in [0.2, 0.25) is 0 Å². The van der Waals surface area contributed by atoms with Crippen LogP contribution in [0.4, 0.5) is 0 Å². The van der Waals surface area contributed by atoms with E-state index in [1.165, 1.54) is 48.6 Å². The summed E-state index contributed by atoms with van der Waals surface area (Å²) in [6.45, 7) is 2.07. The van der Waals surface area contributed by atoms with Crippen LogP contribution in [0, 0.1) is 24.2 Å². The zero-order valence-electron chi connectivity index (χ0n) is 13.5. The Morgan fingerprint density at radius 1 is 1.30 bits per heavy atom. The summed E-state index contributed by atoms with van der Waals surface area (Å²) < 4.78 is 0. The van der Waals surface area contributed by atoms with Gasteiger partial charge >= 0.3 is 0 Å². The minimum atomic E-state index is -0.159. The molecule has 1 heterocycles. The number of nitrogens with one attached hydrogen (secondary N) is 1. The lowest BCUT2D eigenvalue weighted by Gasteiger charge is -2.07. The number of rotatable bonds is 6. The standard InChI is InChI=1S/C18H22N4S/c1-13-6-8-15(9-7-13)10-16(12-19)23-18-20-17(21-22-18)11-14-4-2-3-5-14/h6-9,14,16H,2-5,10-11H2,1H3,(H,20,21,22)/t16-/m1/s1. The fourth-order valence-electron chi connectivity index (χ4n) is 3.09. The molecule has 5 heteroatoms. The summed E-state index contributed by atoms with van der Waals surface area (Å²) in [5, 5.41) is 17.3. The van der Waals surface area contributed by atoms with Crippen LogP contribution in [0.5, 0.6) is 0 Å². The smallest absolute Gasteiger partial charge is 0.209 e. The van der Waals surface area contributed by atoms with Crippen LogP contribution in [-0.2, 0) is 12.8 Å². The fraction of sp³-hybridized carbons (Fsp3) is 0.500. The molecule has 1 fully saturated rings. The van der Waals surface area contributed by atoms with Crippen LogP contribution < -0.4 is 0 Å². The van der Waals surface area contributed by atoms with Crippen LogP contribution in [0.3, 0.4) is 0 Å². The highest BCUT2D eigenvalue weighted by molar-refractivity contribution is 8.00. The first-order valence-corrected chi connectivity index (χ1v) is 9.14. The summed E-state index contributed by atoms with van der Waals surface area (Å²) in [7, 11) is 0. The van der Waals surface area contributed by atoms with Crippen molar-refractivity contribution >= 4 is 11.8 Å². The highest BCUT2D eigenvalue weighted by Gasteiger charge is 2.19. The Labute approximate surface area is 141 Å². The molecule has 1 aromatic carbocycles. The molecule has 0 bridgehead atoms. The second-order valence-corrected chi connectivity index (χ2v) is 7.51. The third kappa shape index (κ3) is 4.59. The van der Waals surface area contributed by atoms with E-state index in [2.05, 4.69) is 52.4 Å². The molecule has 0 unspecified atom stereocenters. The predicted molar refractivity (Wildman–Crippen MR) is 92.2 cm³/mol. The van der Waals surface area contributed by atoms with Crippen LogP contribution in [0.1, 0.15) is 42.6 Å². The van der Waals surface area contributed by atoms with Gasteiger partial charge in [0.25, 0.3) is 0 Å². The van der Waals surface area contributed by atoms with Gasteiger partial charge in [-0.25, -0.2) is 4.98 Å². The van der Waals surface area contributed by atoms with Crippen molar-refractivity contribution < 1.29 is 0 Å². The molecule has 1 atom stereocenters. The third-order valence-electron chi connectivity index (χ3n) is 4.40. The molecule has 0 radical (unpaired) electrons. The van der Waals surface area contributed by atoms with Crippen LogP contribution >= 0.6 is 11.8 Å². The molecule has 1 aliphatic carbocycles. The van der Waals surface area contributed by atoms with E-state index >= 15 is 0 Å². The highest BCUT2D eigenvalue weighted by Crippen LogP contribution is 2.28. The minimum Gasteiger partial charge on any atom is -0.262 e. The molecular weight excluding hydrogens is 304 g/mol. The summed E-state index contributed by atoms with van der Waals surface area (Å²) in [5.41, 5.74) is 2.41. The number of nitrogens with zero attached hydrogens (tertiary/aromatic N) is 3. The van der Waals surface area contributed by atoms with Crippen molar-refractivity contribution in [3.8, 4) is 6.07 Å². The van der Waals surface area contributed by atoms with Gasteiger partial charge in [-0.2, -0.15) is 5.26 Å². The average Bonchev–Trinajstić information content (AvgIpc) is 3.21. The van der Waals surface area contributed by atoms with Gasteiger partial charge in [0, 0.05) is 6.42 Å². The Morgan fingerprint density at radius 2 is 2.04 bits per heavy atom. The monoisotopic (exact) mass is 326 g/mol. The van der Waals surface area contributed by atoms with E-state index in [0.29, 0.717) is 11.6 Å². The van der Waals surface area contributed by atoms with Gasteiger partial charge in [-0.15, -0.1) is 5.10 Å². The molecule has 1 saturated carbocycles. The van der Waals surface area contributed by atoms with Gasteiger partial charge in [-0.1, -0.05) is 67.3 Å². The number of aromatic amines is 1. The molecule has 23 heavy (non-hydrogen) atoms. The van der Waals surface area contributed by atoms with E-state index in [1.807, 2.05) is 0 Å². The zero-order valence-corrected chi connectivity index (χ0v) is 14.3. The largest absolute Gasteiger partial charge is 0.262 e. The molecule has 0 saturated heterocycles. The Morgan fingerprint density at radius 3 is 2.74 bits per heavy atom. The molecule has 0 aliphatic heterocycles. The SMILES string of the molecule is Cc1ccc(C[C@H](C#N)Sc2n[nH]c(CC3CCCC3)n2)cc1.